The molecule has 3 heterocycles. The van der Waals surface area contributed by atoms with Crippen LogP contribution in [0.3, 0.4) is 0 Å². The van der Waals surface area contributed by atoms with E-state index in [-0.39, 0.29) is 36.2 Å². The molecule has 1 N–H and O–H groups in total. The summed E-state index contributed by atoms with van der Waals surface area (Å²) in [7, 11) is -3.24. The Balaban J connectivity index is 1.22. The number of urea groups is 2. The molecule has 0 radical (unpaired) electrons. The van der Waals surface area contributed by atoms with E-state index in [2.05, 4.69) is 5.32 Å². The Morgan fingerprint density at radius 3 is 2.46 bits per heavy atom. The van der Waals surface area contributed by atoms with Gasteiger partial charge in [0.25, 0.3) is 0 Å². The third-order valence-corrected chi connectivity index (χ3v) is 9.97. The van der Waals surface area contributed by atoms with Crippen molar-refractivity contribution >= 4 is 45.3 Å². The van der Waals surface area contributed by atoms with Gasteiger partial charge in [0.05, 0.1) is 22.4 Å². The third-order valence-electron chi connectivity index (χ3n) is 7.60. The fourth-order valence-electron chi connectivity index (χ4n) is 5.25. The zero-order chi connectivity index (χ0) is 28.3. The predicted molar refractivity (Wildman–Crippen MR) is 146 cm³/mol. The van der Waals surface area contributed by atoms with Crippen LogP contribution in [0.15, 0.2) is 12.1 Å². The van der Waals surface area contributed by atoms with Gasteiger partial charge in [-0.15, -0.1) is 0 Å². The first-order chi connectivity index (χ1) is 18.6. The summed E-state index contributed by atoms with van der Waals surface area (Å²) in [6, 6.07) is 4.84. The van der Waals surface area contributed by atoms with E-state index >= 15 is 0 Å². The van der Waals surface area contributed by atoms with Crippen molar-refractivity contribution in [3.63, 3.8) is 0 Å². The van der Waals surface area contributed by atoms with Gasteiger partial charge in [0.2, 0.25) is 15.9 Å². The Kier molecular flexibility index (Phi) is 8.88. The number of piperazine rings is 2. The Morgan fingerprint density at radius 1 is 1.10 bits per heavy atom. The Morgan fingerprint density at radius 2 is 1.79 bits per heavy atom. The molecule has 39 heavy (non-hydrogen) atoms. The van der Waals surface area contributed by atoms with Crippen LogP contribution >= 0.6 is 11.6 Å². The second-order valence-corrected chi connectivity index (χ2v) is 12.5. The second kappa shape index (κ2) is 12.0. The van der Waals surface area contributed by atoms with Crippen molar-refractivity contribution in [2.45, 2.75) is 32.7 Å². The molecular weight excluding hydrogens is 546 g/mol. The van der Waals surface area contributed by atoms with Crippen molar-refractivity contribution in [1.29, 1.82) is 5.26 Å². The number of carbonyl (C=O) groups excluding carboxylic acids is 3. The van der Waals surface area contributed by atoms with Gasteiger partial charge in [0.1, 0.15) is 6.07 Å². The molecule has 5 amide bonds. The molecule has 12 nitrogen and oxygen atoms in total. The fourth-order valence-corrected chi connectivity index (χ4v) is 6.54. The maximum atomic E-state index is 13.1. The largest absolute Gasteiger partial charge is 0.340 e. The molecule has 14 heteroatoms. The second-order valence-electron chi connectivity index (χ2n) is 9.89. The number of nitrogens with one attached hydrogen (secondary N) is 1. The molecule has 3 saturated heterocycles. The van der Waals surface area contributed by atoms with Gasteiger partial charge in [-0.3, -0.25) is 9.69 Å². The van der Waals surface area contributed by atoms with Crippen molar-refractivity contribution < 1.29 is 22.8 Å². The summed E-state index contributed by atoms with van der Waals surface area (Å²) in [6.45, 7) is 6.71. The fraction of sp³-hybridized carbons (Fsp3) is 0.600. The summed E-state index contributed by atoms with van der Waals surface area (Å²) in [5.41, 5.74) is 1.69. The third kappa shape index (κ3) is 6.08. The highest BCUT2D eigenvalue weighted by atomic mass is 35.5. The van der Waals surface area contributed by atoms with Gasteiger partial charge >= 0.3 is 12.1 Å². The monoisotopic (exact) mass is 579 g/mol. The number of amides is 5. The Labute approximate surface area is 234 Å². The number of nitriles is 1. The van der Waals surface area contributed by atoms with E-state index in [0.717, 1.165) is 0 Å². The van der Waals surface area contributed by atoms with Gasteiger partial charge < -0.3 is 20.0 Å². The molecule has 0 unspecified atom stereocenters. The zero-order valence-electron chi connectivity index (χ0n) is 22.2. The number of benzene rings is 1. The maximum absolute atomic E-state index is 13.1. The summed E-state index contributed by atoms with van der Waals surface area (Å²) < 4.78 is 25.4. The van der Waals surface area contributed by atoms with Gasteiger partial charge in [-0.1, -0.05) is 11.6 Å². The average Bonchev–Trinajstić information content (AvgIpc) is 3.27. The van der Waals surface area contributed by atoms with Gasteiger partial charge in [0.15, 0.2) is 0 Å². The minimum Gasteiger partial charge on any atom is -0.340 e. The van der Waals surface area contributed by atoms with Gasteiger partial charge in [-0.25, -0.2) is 18.0 Å². The highest BCUT2D eigenvalue weighted by Crippen LogP contribution is 2.33. The van der Waals surface area contributed by atoms with Gasteiger partial charge in [0, 0.05) is 71.0 Å². The summed E-state index contributed by atoms with van der Waals surface area (Å²) in [4.78, 5) is 45.2. The first-order valence-corrected chi connectivity index (χ1v) is 15.1. The molecule has 3 aliphatic heterocycles. The van der Waals surface area contributed by atoms with Crippen LogP contribution in [0.4, 0.5) is 15.3 Å². The maximum Gasteiger partial charge on any atom is 0.325 e. The van der Waals surface area contributed by atoms with Crippen LogP contribution in [0, 0.1) is 18.3 Å². The molecule has 3 aliphatic rings. The van der Waals surface area contributed by atoms with Crippen LogP contribution in [0.25, 0.3) is 0 Å². The SMILES string of the molecule is CCS(=O)(=O)N1CCN(C(=O)CCCNC(=O)N2CCN3C(=O)N(c4ccc(C#N)c(Cl)c4C)C[C@@H]3C2)CC1. The smallest absolute Gasteiger partial charge is 0.325 e. The lowest BCUT2D eigenvalue weighted by Crippen LogP contribution is -2.56. The first-order valence-electron chi connectivity index (χ1n) is 13.1. The van der Waals surface area contributed by atoms with Crippen molar-refractivity contribution in [2.75, 3.05) is 69.6 Å². The van der Waals surface area contributed by atoms with Crippen LogP contribution in [0.1, 0.15) is 30.9 Å². The average molecular weight is 580 g/mol. The lowest BCUT2D eigenvalue weighted by atomic mass is 10.1. The summed E-state index contributed by atoms with van der Waals surface area (Å²) in [5.74, 6) is 0.00519. The molecule has 3 fully saturated rings. The van der Waals surface area contributed by atoms with Crippen molar-refractivity contribution in [2.24, 2.45) is 0 Å². The van der Waals surface area contributed by atoms with Crippen molar-refractivity contribution in [3.05, 3.63) is 28.3 Å². The van der Waals surface area contributed by atoms with Crippen LogP contribution in [-0.2, 0) is 14.8 Å². The van der Waals surface area contributed by atoms with Gasteiger partial charge in [-0.2, -0.15) is 9.57 Å². The van der Waals surface area contributed by atoms with E-state index in [1.54, 1.807) is 45.6 Å². The van der Waals surface area contributed by atoms with Crippen LogP contribution in [0.5, 0.6) is 0 Å². The van der Waals surface area contributed by atoms with Crippen LogP contribution in [-0.4, -0.2) is 116 Å². The normalized spacial score (nSPS) is 20.2. The molecule has 0 aromatic heterocycles. The number of hydrogen-bond donors (Lipinski definition) is 1. The highest BCUT2D eigenvalue weighted by molar-refractivity contribution is 7.89. The number of anilines is 1. The predicted octanol–water partition coefficient (Wildman–Crippen LogP) is 1.43. The molecule has 0 bridgehead atoms. The standard InChI is InChI=1S/C25H34ClN7O5S/c1-3-39(37,38)31-12-9-29(10-13-31)22(34)5-4-8-28-24(35)30-11-14-32-20(16-30)17-33(25(32)36)21-7-6-19(15-27)23(26)18(21)2/h6-7,20H,3-5,8-14,16-17H2,1-2H3,(H,28,35)/t20-/m0/s1. The molecule has 0 aliphatic carbocycles. The summed E-state index contributed by atoms with van der Waals surface area (Å²) in [6.07, 6.45) is 0.750. The summed E-state index contributed by atoms with van der Waals surface area (Å²) in [5, 5.41) is 12.4. The summed E-state index contributed by atoms with van der Waals surface area (Å²) >= 11 is 6.31. The van der Waals surface area contributed by atoms with E-state index in [4.69, 9.17) is 11.6 Å². The molecule has 1 aromatic rings. The van der Waals surface area contributed by atoms with Gasteiger partial charge in [-0.05, 0) is 38.0 Å². The van der Waals surface area contributed by atoms with E-state index < -0.39 is 10.0 Å². The molecule has 0 saturated carbocycles. The molecule has 0 spiro atoms. The topological polar surface area (TPSA) is 137 Å². The number of fused-ring (bicyclic) bond motifs is 1. The van der Waals surface area contributed by atoms with E-state index in [0.29, 0.717) is 87.2 Å². The number of hydrogen-bond acceptors (Lipinski definition) is 6. The number of sulfonamides is 1. The molecule has 212 valence electrons. The Bertz CT molecular complexity index is 1280. The van der Waals surface area contributed by atoms with E-state index in [1.165, 1.54) is 4.31 Å². The molecule has 1 atom stereocenters. The molecule has 1 aromatic carbocycles. The van der Waals surface area contributed by atoms with Crippen molar-refractivity contribution in [3.8, 4) is 6.07 Å². The number of halogens is 1. The number of nitrogens with zero attached hydrogens (tertiary/aromatic N) is 6. The zero-order valence-corrected chi connectivity index (χ0v) is 23.8. The van der Waals surface area contributed by atoms with Crippen molar-refractivity contribution in [1.82, 2.24) is 24.3 Å². The number of rotatable bonds is 7. The van der Waals surface area contributed by atoms with E-state index in [1.807, 2.05) is 6.07 Å². The minimum absolute atomic E-state index is 0.0471. The quantitative estimate of drug-likeness (QED) is 0.485. The minimum atomic E-state index is -3.24. The number of carbonyl (C=O) groups is 3. The first kappa shape index (κ1) is 28.9. The van der Waals surface area contributed by atoms with Crippen LogP contribution in [0.2, 0.25) is 5.02 Å². The Hall–Kier alpha value is -3.08. The van der Waals surface area contributed by atoms with E-state index in [9.17, 15) is 28.1 Å². The lowest BCUT2D eigenvalue weighted by Gasteiger charge is -2.36. The molecule has 4 rings (SSSR count). The van der Waals surface area contributed by atoms with Crippen LogP contribution < -0.4 is 10.2 Å². The molecular formula is C25H34ClN7O5S. The lowest BCUT2D eigenvalue weighted by molar-refractivity contribution is -0.132. The highest BCUT2D eigenvalue weighted by Gasteiger charge is 2.42.